The molecule has 33 heavy (non-hydrogen) atoms. The van der Waals surface area contributed by atoms with Crippen LogP contribution in [0.4, 0.5) is 5.69 Å². The zero-order valence-corrected chi connectivity index (χ0v) is 19.2. The van der Waals surface area contributed by atoms with Crippen molar-refractivity contribution in [3.63, 3.8) is 0 Å². The van der Waals surface area contributed by atoms with Crippen molar-refractivity contribution in [3.8, 4) is 0 Å². The summed E-state index contributed by atoms with van der Waals surface area (Å²) >= 11 is 0. The Hall–Kier alpha value is -3.61. The molecule has 7 heteroatoms. The summed E-state index contributed by atoms with van der Waals surface area (Å²) in [4.78, 5) is 36.6. The number of aromatic nitrogens is 2. The number of aryl methyl sites for hydroxylation is 1. The summed E-state index contributed by atoms with van der Waals surface area (Å²) in [5.74, 6) is 0.137. The smallest absolute Gasteiger partial charge is 0.290 e. The summed E-state index contributed by atoms with van der Waals surface area (Å²) in [5.41, 5.74) is 5.26. The number of anilines is 1. The zero-order chi connectivity index (χ0) is 22.9. The molecule has 1 saturated heterocycles. The van der Waals surface area contributed by atoms with Crippen LogP contribution in [0.5, 0.6) is 0 Å². The Balaban J connectivity index is 1.25. The molecule has 1 aromatic heterocycles. The Morgan fingerprint density at radius 1 is 0.909 bits per heavy atom. The second-order valence-corrected chi connectivity index (χ2v) is 8.85. The molecule has 3 aromatic rings. The minimum absolute atomic E-state index is 0.0973. The number of nitrogens with zero attached hydrogens (tertiary/aromatic N) is 5. The third kappa shape index (κ3) is 4.11. The highest BCUT2D eigenvalue weighted by Gasteiger charge is 2.30. The molecule has 0 unspecified atom stereocenters. The van der Waals surface area contributed by atoms with E-state index >= 15 is 0 Å². The number of rotatable bonds is 4. The molecule has 2 amide bonds. The molecule has 2 aliphatic rings. The van der Waals surface area contributed by atoms with Gasteiger partial charge in [-0.2, -0.15) is 0 Å². The van der Waals surface area contributed by atoms with Crippen LogP contribution in [0.1, 0.15) is 37.8 Å². The van der Waals surface area contributed by atoms with Gasteiger partial charge >= 0.3 is 0 Å². The van der Waals surface area contributed by atoms with Gasteiger partial charge < -0.3 is 19.3 Å². The van der Waals surface area contributed by atoms with Gasteiger partial charge in [-0.1, -0.05) is 42.5 Å². The van der Waals surface area contributed by atoms with Gasteiger partial charge in [0.15, 0.2) is 5.82 Å². The Labute approximate surface area is 194 Å². The number of hydrogen-bond donors (Lipinski definition) is 0. The van der Waals surface area contributed by atoms with Gasteiger partial charge in [-0.3, -0.25) is 9.59 Å². The summed E-state index contributed by atoms with van der Waals surface area (Å²) in [6.45, 7) is 8.94. The van der Waals surface area contributed by atoms with Gasteiger partial charge in [-0.15, -0.1) is 0 Å². The first kappa shape index (κ1) is 21.2. The first-order chi connectivity index (χ1) is 16.0. The topological polar surface area (TPSA) is 61.7 Å². The van der Waals surface area contributed by atoms with Gasteiger partial charge in [-0.05, 0) is 36.6 Å². The number of piperazine rings is 1. The zero-order valence-electron chi connectivity index (χ0n) is 19.2. The molecule has 0 aliphatic carbocycles. The van der Waals surface area contributed by atoms with E-state index in [0.29, 0.717) is 44.2 Å². The summed E-state index contributed by atoms with van der Waals surface area (Å²) in [7, 11) is 0. The lowest BCUT2D eigenvalue weighted by atomic mass is 10.1. The normalized spacial score (nSPS) is 16.2. The van der Waals surface area contributed by atoms with E-state index in [1.807, 2.05) is 39.8 Å². The largest absolute Gasteiger partial charge is 0.368 e. The minimum atomic E-state index is -0.121. The molecule has 5 rings (SSSR count). The SMILES string of the molecule is Cc1cccc(N2CCN(C(=O)c3cn4c(n3)C(=O)N(Cc3ccccc3)CC4)CC2)c1C. The lowest BCUT2D eigenvalue weighted by molar-refractivity contribution is 0.0683. The fraction of sp³-hybridized carbons (Fsp3) is 0.346. The van der Waals surface area contributed by atoms with Crippen LogP contribution in [0.25, 0.3) is 0 Å². The van der Waals surface area contributed by atoms with Crippen molar-refractivity contribution >= 4 is 17.5 Å². The van der Waals surface area contributed by atoms with Crippen LogP contribution in [0.2, 0.25) is 0 Å². The fourth-order valence-electron chi connectivity index (χ4n) is 4.68. The Bertz CT molecular complexity index is 1180. The van der Waals surface area contributed by atoms with Crippen LogP contribution in [0, 0.1) is 13.8 Å². The molecular formula is C26H29N5O2. The lowest BCUT2D eigenvalue weighted by Gasteiger charge is -2.36. The maximum absolute atomic E-state index is 13.2. The number of carbonyl (C=O) groups excluding carboxylic acids is 2. The van der Waals surface area contributed by atoms with Crippen molar-refractivity contribution in [1.29, 1.82) is 0 Å². The van der Waals surface area contributed by atoms with E-state index in [1.54, 1.807) is 11.1 Å². The Morgan fingerprint density at radius 3 is 2.42 bits per heavy atom. The van der Waals surface area contributed by atoms with Crippen LogP contribution in [0.15, 0.2) is 54.7 Å². The summed E-state index contributed by atoms with van der Waals surface area (Å²) in [6, 6.07) is 16.3. The average Bonchev–Trinajstić information content (AvgIpc) is 3.28. The van der Waals surface area contributed by atoms with E-state index in [4.69, 9.17) is 0 Å². The highest BCUT2D eigenvalue weighted by atomic mass is 16.2. The molecule has 2 aliphatic heterocycles. The second kappa shape index (κ2) is 8.73. The third-order valence-corrected chi connectivity index (χ3v) is 6.78. The average molecular weight is 444 g/mol. The van der Waals surface area contributed by atoms with Crippen LogP contribution in [-0.4, -0.2) is 63.9 Å². The molecule has 2 aromatic carbocycles. The molecule has 0 bridgehead atoms. The number of benzene rings is 2. The van der Waals surface area contributed by atoms with Crippen molar-refractivity contribution in [2.75, 3.05) is 37.6 Å². The summed E-state index contributed by atoms with van der Waals surface area (Å²) < 4.78 is 1.82. The predicted molar refractivity (Wildman–Crippen MR) is 127 cm³/mol. The Morgan fingerprint density at radius 2 is 1.67 bits per heavy atom. The van der Waals surface area contributed by atoms with E-state index in [9.17, 15) is 9.59 Å². The monoisotopic (exact) mass is 443 g/mol. The van der Waals surface area contributed by atoms with Crippen molar-refractivity contribution in [2.45, 2.75) is 26.9 Å². The molecule has 0 N–H and O–H groups in total. The summed E-state index contributed by atoms with van der Waals surface area (Å²) in [6.07, 6.45) is 1.74. The van der Waals surface area contributed by atoms with E-state index in [2.05, 4.69) is 41.9 Å². The van der Waals surface area contributed by atoms with Crippen LogP contribution in [0.3, 0.4) is 0 Å². The molecule has 1 fully saturated rings. The quantitative estimate of drug-likeness (QED) is 0.622. The first-order valence-electron chi connectivity index (χ1n) is 11.5. The van der Waals surface area contributed by atoms with E-state index in [1.165, 1.54) is 16.8 Å². The van der Waals surface area contributed by atoms with E-state index in [0.717, 1.165) is 18.7 Å². The van der Waals surface area contributed by atoms with Gasteiger partial charge in [0.1, 0.15) is 5.69 Å². The Kier molecular flexibility index (Phi) is 5.62. The van der Waals surface area contributed by atoms with Crippen molar-refractivity contribution in [3.05, 3.63) is 82.9 Å². The molecule has 0 atom stereocenters. The van der Waals surface area contributed by atoms with Gasteiger partial charge in [-0.25, -0.2) is 4.98 Å². The highest BCUT2D eigenvalue weighted by molar-refractivity contribution is 5.96. The number of imidazole rings is 1. The van der Waals surface area contributed by atoms with Gasteiger partial charge in [0.05, 0.1) is 0 Å². The molecule has 0 saturated carbocycles. The molecular weight excluding hydrogens is 414 g/mol. The summed E-state index contributed by atoms with van der Waals surface area (Å²) in [5, 5.41) is 0. The fourth-order valence-corrected chi connectivity index (χ4v) is 4.68. The predicted octanol–water partition coefficient (Wildman–Crippen LogP) is 3.12. The van der Waals surface area contributed by atoms with Crippen LogP contribution in [-0.2, 0) is 13.1 Å². The van der Waals surface area contributed by atoms with Crippen LogP contribution < -0.4 is 4.90 Å². The molecule has 7 nitrogen and oxygen atoms in total. The maximum Gasteiger partial charge on any atom is 0.290 e. The molecule has 0 radical (unpaired) electrons. The van der Waals surface area contributed by atoms with E-state index in [-0.39, 0.29) is 11.8 Å². The number of amides is 2. The molecule has 3 heterocycles. The van der Waals surface area contributed by atoms with Crippen LogP contribution >= 0.6 is 0 Å². The van der Waals surface area contributed by atoms with Gasteiger partial charge in [0.25, 0.3) is 11.8 Å². The number of fused-ring (bicyclic) bond motifs is 1. The minimum Gasteiger partial charge on any atom is -0.368 e. The van der Waals surface area contributed by atoms with Crippen molar-refractivity contribution in [2.24, 2.45) is 0 Å². The lowest BCUT2D eigenvalue weighted by Crippen LogP contribution is -2.49. The standard InChI is InChI=1S/C26H29N5O2/c1-19-7-6-10-23(20(19)2)28-11-13-29(14-12-28)25(32)22-18-30-15-16-31(26(33)24(30)27-22)17-21-8-4-3-5-9-21/h3-10,18H,11-17H2,1-2H3. The number of hydrogen-bond acceptors (Lipinski definition) is 4. The van der Waals surface area contributed by atoms with Gasteiger partial charge in [0.2, 0.25) is 0 Å². The van der Waals surface area contributed by atoms with E-state index < -0.39 is 0 Å². The van der Waals surface area contributed by atoms with Gasteiger partial charge in [0, 0.05) is 57.7 Å². The second-order valence-electron chi connectivity index (χ2n) is 8.85. The first-order valence-corrected chi connectivity index (χ1v) is 11.5. The highest BCUT2D eigenvalue weighted by Crippen LogP contribution is 2.24. The number of carbonyl (C=O) groups is 2. The maximum atomic E-state index is 13.2. The molecule has 0 spiro atoms. The third-order valence-electron chi connectivity index (χ3n) is 6.78. The van der Waals surface area contributed by atoms with Crippen molar-refractivity contribution < 1.29 is 9.59 Å². The van der Waals surface area contributed by atoms with Crippen molar-refractivity contribution in [1.82, 2.24) is 19.4 Å². The molecule has 170 valence electrons.